The third kappa shape index (κ3) is 3.42. The van der Waals surface area contributed by atoms with Crippen LogP contribution in [-0.2, 0) is 0 Å². The molecule has 0 aliphatic heterocycles. The Balaban J connectivity index is 2.33. The molecule has 2 aromatic rings. The summed E-state index contributed by atoms with van der Waals surface area (Å²) in [4.78, 5) is 4.33. The van der Waals surface area contributed by atoms with Crippen molar-refractivity contribution in [3.8, 4) is 11.4 Å². The van der Waals surface area contributed by atoms with Crippen LogP contribution in [0.1, 0.15) is 0 Å². The van der Waals surface area contributed by atoms with Crippen molar-refractivity contribution in [3.05, 3.63) is 78.6 Å². The van der Waals surface area contributed by atoms with Crippen LogP contribution in [0.15, 0.2) is 78.6 Å². The van der Waals surface area contributed by atoms with Gasteiger partial charge < -0.3 is 0 Å². The molecule has 1 aromatic heterocycles. The SMILES string of the molecule is C=C/C=C\C(=C/C=C)n1cnc(-c2ccc(Br)cc2)n1. The van der Waals surface area contributed by atoms with Crippen LogP contribution in [-0.4, -0.2) is 14.8 Å². The first-order valence-corrected chi connectivity index (χ1v) is 6.83. The minimum absolute atomic E-state index is 0.680. The first-order chi connectivity index (χ1) is 9.74. The van der Waals surface area contributed by atoms with Crippen LogP contribution < -0.4 is 0 Å². The Morgan fingerprint density at radius 2 is 1.90 bits per heavy atom. The third-order valence-electron chi connectivity index (χ3n) is 2.55. The van der Waals surface area contributed by atoms with Crippen LogP contribution in [0.25, 0.3) is 17.1 Å². The molecule has 0 aliphatic rings. The van der Waals surface area contributed by atoms with E-state index in [1.54, 1.807) is 23.2 Å². The summed E-state index contributed by atoms with van der Waals surface area (Å²) in [7, 11) is 0. The molecular formula is C16H14BrN3. The van der Waals surface area contributed by atoms with Gasteiger partial charge in [0, 0.05) is 10.0 Å². The van der Waals surface area contributed by atoms with Crippen LogP contribution in [0.5, 0.6) is 0 Å². The summed E-state index contributed by atoms with van der Waals surface area (Å²) in [5.74, 6) is 0.680. The predicted octanol–water partition coefficient (Wildman–Crippen LogP) is 4.48. The van der Waals surface area contributed by atoms with Crippen LogP contribution in [0.4, 0.5) is 0 Å². The highest BCUT2D eigenvalue weighted by molar-refractivity contribution is 9.10. The fourth-order valence-corrected chi connectivity index (χ4v) is 1.88. The van der Waals surface area contributed by atoms with E-state index >= 15 is 0 Å². The number of hydrogen-bond donors (Lipinski definition) is 0. The largest absolute Gasteiger partial charge is 0.220 e. The van der Waals surface area contributed by atoms with Crippen molar-refractivity contribution in [1.29, 1.82) is 0 Å². The Labute approximate surface area is 126 Å². The standard InChI is InChI=1S/C16H14BrN3/c1-3-5-7-15(6-4-2)20-12-18-16(19-20)13-8-10-14(17)11-9-13/h3-12H,1-2H2/b7-5-,15-6+. The van der Waals surface area contributed by atoms with Gasteiger partial charge in [-0.3, -0.25) is 0 Å². The van der Waals surface area contributed by atoms with E-state index in [0.717, 1.165) is 15.7 Å². The normalized spacial score (nSPS) is 11.8. The molecule has 2 rings (SSSR count). The predicted molar refractivity (Wildman–Crippen MR) is 87.0 cm³/mol. The first kappa shape index (κ1) is 14.2. The molecule has 0 bridgehead atoms. The lowest BCUT2D eigenvalue weighted by molar-refractivity contribution is 0.912. The van der Waals surface area contributed by atoms with Crippen LogP contribution in [0.2, 0.25) is 0 Å². The lowest BCUT2D eigenvalue weighted by atomic mass is 10.2. The maximum atomic E-state index is 4.47. The van der Waals surface area contributed by atoms with E-state index in [-0.39, 0.29) is 0 Å². The lowest BCUT2D eigenvalue weighted by Gasteiger charge is -2.00. The van der Waals surface area contributed by atoms with Crippen molar-refractivity contribution in [2.75, 3.05) is 0 Å². The molecule has 0 radical (unpaired) electrons. The molecule has 0 amide bonds. The Hall–Kier alpha value is -2.20. The van der Waals surface area contributed by atoms with Crippen molar-refractivity contribution in [2.24, 2.45) is 0 Å². The summed E-state index contributed by atoms with van der Waals surface area (Å²) < 4.78 is 2.74. The highest BCUT2D eigenvalue weighted by Gasteiger charge is 2.05. The van der Waals surface area contributed by atoms with E-state index in [0.29, 0.717) is 5.82 Å². The Kier molecular flexibility index (Phi) is 4.85. The molecule has 0 unspecified atom stereocenters. The summed E-state index contributed by atoms with van der Waals surface area (Å²) in [6, 6.07) is 7.88. The Morgan fingerprint density at radius 3 is 2.55 bits per heavy atom. The summed E-state index contributed by atoms with van der Waals surface area (Å²) in [6.45, 7) is 7.36. The fraction of sp³-hybridized carbons (Fsp3) is 0. The summed E-state index contributed by atoms with van der Waals surface area (Å²) in [5, 5.41) is 4.47. The van der Waals surface area contributed by atoms with Gasteiger partial charge in [-0.2, -0.15) is 0 Å². The van der Waals surface area contributed by atoms with Gasteiger partial charge in [0.15, 0.2) is 5.82 Å². The zero-order valence-electron chi connectivity index (χ0n) is 10.9. The van der Waals surface area contributed by atoms with Gasteiger partial charge in [0.05, 0.1) is 5.70 Å². The van der Waals surface area contributed by atoms with Gasteiger partial charge in [0.1, 0.15) is 6.33 Å². The minimum atomic E-state index is 0.680. The molecule has 0 spiro atoms. The minimum Gasteiger partial charge on any atom is -0.220 e. The van der Waals surface area contributed by atoms with Crippen molar-refractivity contribution in [2.45, 2.75) is 0 Å². The second-order valence-electron chi connectivity index (χ2n) is 3.94. The topological polar surface area (TPSA) is 30.7 Å². The average Bonchev–Trinajstić information content (AvgIpc) is 2.94. The molecule has 0 fully saturated rings. The summed E-state index contributed by atoms with van der Waals surface area (Å²) >= 11 is 3.41. The number of benzene rings is 1. The van der Waals surface area contributed by atoms with Gasteiger partial charge in [0.2, 0.25) is 0 Å². The lowest BCUT2D eigenvalue weighted by Crippen LogP contribution is -1.95. The molecule has 0 saturated carbocycles. The highest BCUT2D eigenvalue weighted by Crippen LogP contribution is 2.19. The molecule has 4 heteroatoms. The van der Waals surface area contributed by atoms with Crippen molar-refractivity contribution in [1.82, 2.24) is 14.8 Å². The molecule has 1 heterocycles. The number of hydrogen-bond acceptors (Lipinski definition) is 2. The van der Waals surface area contributed by atoms with Gasteiger partial charge in [-0.15, -0.1) is 5.10 Å². The first-order valence-electron chi connectivity index (χ1n) is 6.04. The highest BCUT2D eigenvalue weighted by atomic mass is 79.9. The van der Waals surface area contributed by atoms with Gasteiger partial charge in [-0.25, -0.2) is 9.67 Å². The number of halogens is 1. The van der Waals surface area contributed by atoms with Crippen LogP contribution in [0.3, 0.4) is 0 Å². The van der Waals surface area contributed by atoms with Gasteiger partial charge in [0.25, 0.3) is 0 Å². The van der Waals surface area contributed by atoms with Crippen molar-refractivity contribution >= 4 is 21.6 Å². The van der Waals surface area contributed by atoms with Crippen molar-refractivity contribution in [3.63, 3.8) is 0 Å². The molecule has 0 saturated heterocycles. The Bertz CT molecular complexity index is 663. The maximum absolute atomic E-state index is 4.47. The smallest absolute Gasteiger partial charge is 0.181 e. The van der Waals surface area contributed by atoms with Gasteiger partial charge in [-0.05, 0) is 24.3 Å². The number of rotatable bonds is 5. The molecule has 3 nitrogen and oxygen atoms in total. The van der Waals surface area contributed by atoms with E-state index in [9.17, 15) is 0 Å². The molecule has 0 atom stereocenters. The molecule has 20 heavy (non-hydrogen) atoms. The maximum Gasteiger partial charge on any atom is 0.181 e. The van der Waals surface area contributed by atoms with Gasteiger partial charge in [-0.1, -0.05) is 59.4 Å². The van der Waals surface area contributed by atoms with Gasteiger partial charge >= 0.3 is 0 Å². The Morgan fingerprint density at radius 1 is 1.15 bits per heavy atom. The molecule has 0 N–H and O–H groups in total. The zero-order valence-corrected chi connectivity index (χ0v) is 12.5. The van der Waals surface area contributed by atoms with E-state index in [4.69, 9.17) is 0 Å². The third-order valence-corrected chi connectivity index (χ3v) is 3.08. The monoisotopic (exact) mass is 327 g/mol. The number of allylic oxidation sites excluding steroid dienone is 6. The number of aromatic nitrogens is 3. The van der Waals surface area contributed by atoms with E-state index in [1.807, 2.05) is 42.5 Å². The van der Waals surface area contributed by atoms with E-state index in [1.165, 1.54) is 0 Å². The summed E-state index contributed by atoms with van der Waals surface area (Å²) in [6.07, 6.45) is 10.7. The molecule has 1 aromatic carbocycles. The van der Waals surface area contributed by atoms with Crippen LogP contribution in [0, 0.1) is 0 Å². The van der Waals surface area contributed by atoms with E-state index < -0.39 is 0 Å². The van der Waals surface area contributed by atoms with Crippen molar-refractivity contribution < 1.29 is 0 Å². The molecule has 0 aliphatic carbocycles. The van der Waals surface area contributed by atoms with Crippen LogP contribution >= 0.6 is 15.9 Å². The molecular weight excluding hydrogens is 314 g/mol. The second kappa shape index (κ2) is 6.82. The fourth-order valence-electron chi connectivity index (χ4n) is 1.61. The quantitative estimate of drug-likeness (QED) is 0.758. The number of nitrogens with zero attached hydrogens (tertiary/aromatic N) is 3. The van der Waals surface area contributed by atoms with E-state index in [2.05, 4.69) is 39.2 Å². The summed E-state index contributed by atoms with van der Waals surface area (Å²) in [5.41, 5.74) is 1.84. The zero-order chi connectivity index (χ0) is 14.4. The molecule has 100 valence electrons. The average molecular weight is 328 g/mol. The second-order valence-corrected chi connectivity index (χ2v) is 4.86.